The van der Waals surface area contributed by atoms with Gasteiger partial charge in [-0.1, -0.05) is 56.0 Å². The first-order valence-electron chi connectivity index (χ1n) is 12.0. The van der Waals surface area contributed by atoms with Crippen molar-refractivity contribution in [3.8, 4) is 11.3 Å². The third-order valence-electron chi connectivity index (χ3n) is 6.16. The van der Waals surface area contributed by atoms with Crippen LogP contribution in [0.15, 0.2) is 73.6 Å². The summed E-state index contributed by atoms with van der Waals surface area (Å²) < 4.78 is 6.02. The van der Waals surface area contributed by atoms with Crippen LogP contribution in [0.25, 0.3) is 11.3 Å². The Morgan fingerprint density at radius 3 is 2.63 bits per heavy atom. The molecule has 1 fully saturated rings. The molecule has 10 nitrogen and oxygen atoms in total. The van der Waals surface area contributed by atoms with Crippen LogP contribution in [-0.2, 0) is 19.2 Å². The smallest absolute Gasteiger partial charge is 0.325 e. The number of hydroxylamine groups is 1. The van der Waals surface area contributed by atoms with Crippen molar-refractivity contribution in [1.29, 1.82) is 0 Å². The molecule has 11 heteroatoms. The minimum Gasteiger partial charge on any atom is -0.499 e. The van der Waals surface area contributed by atoms with Gasteiger partial charge in [-0.2, -0.15) is 0 Å². The van der Waals surface area contributed by atoms with E-state index in [0.717, 1.165) is 25.3 Å². The second kappa shape index (κ2) is 12.7. The van der Waals surface area contributed by atoms with E-state index in [1.54, 1.807) is 6.20 Å². The standard InChI is InChI=1S/C27H28IN5O5/c1-3-37-13-14-38-32-23(34)15-21-26(35)33(27(36)31-21)24(17(2)18-7-5-4-6-8-18)25-29-16-22(30-25)19-9-11-20(28)12-10-19/h3-12,16-17,21,24H,1,13-15H2,2H3,(H,29,30)(H,31,36)(H,32,34)/t17-,21?,24-/m0/s1. The molecule has 198 valence electrons. The molecular weight excluding hydrogens is 601 g/mol. The normalized spacial score (nSPS) is 16.6. The lowest BCUT2D eigenvalue weighted by atomic mass is 9.91. The maximum Gasteiger partial charge on any atom is 0.325 e. The van der Waals surface area contributed by atoms with Gasteiger partial charge in [-0.25, -0.2) is 15.3 Å². The third kappa shape index (κ3) is 6.40. The highest BCUT2D eigenvalue weighted by Crippen LogP contribution is 2.37. The van der Waals surface area contributed by atoms with E-state index in [2.05, 4.69) is 49.9 Å². The van der Waals surface area contributed by atoms with Crippen molar-refractivity contribution in [3.05, 3.63) is 88.6 Å². The number of H-pyrrole nitrogens is 1. The molecule has 0 spiro atoms. The van der Waals surface area contributed by atoms with E-state index in [-0.39, 0.29) is 25.6 Å². The highest BCUT2D eigenvalue weighted by atomic mass is 127. The lowest BCUT2D eigenvalue weighted by Gasteiger charge is -2.29. The van der Waals surface area contributed by atoms with Crippen LogP contribution in [-0.4, -0.2) is 52.0 Å². The Bertz CT molecular complexity index is 1280. The Labute approximate surface area is 233 Å². The number of hydrogen-bond donors (Lipinski definition) is 3. The van der Waals surface area contributed by atoms with Gasteiger partial charge in [-0.15, -0.1) is 0 Å². The van der Waals surface area contributed by atoms with Gasteiger partial charge in [-0.05, 0) is 45.9 Å². The quantitative estimate of drug-likeness (QED) is 0.0914. The molecule has 0 bridgehead atoms. The highest BCUT2D eigenvalue weighted by Gasteiger charge is 2.46. The monoisotopic (exact) mass is 629 g/mol. The SMILES string of the molecule is C=COCCONC(=O)CC1NC(=O)N([C@H](c2ncc(-c3ccc(I)cc3)[nH]2)[C@@H](C)c2ccccc2)C1=O. The van der Waals surface area contributed by atoms with E-state index in [1.807, 2.05) is 61.5 Å². The molecule has 3 N–H and O–H groups in total. The highest BCUT2D eigenvalue weighted by molar-refractivity contribution is 14.1. The number of nitrogens with zero attached hydrogens (tertiary/aromatic N) is 2. The molecule has 1 unspecified atom stereocenters. The number of carbonyl (C=O) groups is 3. The number of ether oxygens (including phenoxy) is 1. The van der Waals surface area contributed by atoms with Gasteiger partial charge in [0.1, 0.15) is 31.1 Å². The number of rotatable bonds is 12. The first kappa shape index (κ1) is 27.3. The van der Waals surface area contributed by atoms with Crippen molar-refractivity contribution in [2.24, 2.45) is 0 Å². The fourth-order valence-electron chi connectivity index (χ4n) is 4.27. The minimum atomic E-state index is -1.04. The molecule has 0 aliphatic carbocycles. The van der Waals surface area contributed by atoms with Gasteiger partial charge in [0.15, 0.2) is 0 Å². The number of carbonyl (C=O) groups excluding carboxylic acids is 3. The van der Waals surface area contributed by atoms with Gasteiger partial charge in [0.05, 0.1) is 24.6 Å². The molecule has 4 rings (SSSR count). The summed E-state index contributed by atoms with van der Waals surface area (Å²) >= 11 is 2.24. The van der Waals surface area contributed by atoms with Gasteiger partial charge in [0.2, 0.25) is 5.91 Å². The van der Waals surface area contributed by atoms with Crippen LogP contribution in [0.3, 0.4) is 0 Å². The van der Waals surface area contributed by atoms with E-state index in [4.69, 9.17) is 9.57 Å². The first-order chi connectivity index (χ1) is 18.4. The zero-order valence-electron chi connectivity index (χ0n) is 20.7. The van der Waals surface area contributed by atoms with Crippen LogP contribution in [0.2, 0.25) is 0 Å². The van der Waals surface area contributed by atoms with Crippen molar-refractivity contribution >= 4 is 40.4 Å². The summed E-state index contributed by atoms with van der Waals surface area (Å²) in [5.41, 5.74) is 4.89. The van der Waals surface area contributed by atoms with Crippen molar-refractivity contribution in [2.45, 2.75) is 31.3 Å². The summed E-state index contributed by atoms with van der Waals surface area (Å²) in [7, 11) is 0. The second-order valence-electron chi connectivity index (χ2n) is 8.66. The van der Waals surface area contributed by atoms with Crippen LogP contribution in [0, 0.1) is 3.57 Å². The Balaban J connectivity index is 1.56. The van der Waals surface area contributed by atoms with Gasteiger partial charge >= 0.3 is 6.03 Å². The molecule has 2 heterocycles. The number of imidazole rings is 1. The molecule has 0 saturated carbocycles. The zero-order valence-corrected chi connectivity index (χ0v) is 22.9. The fourth-order valence-corrected chi connectivity index (χ4v) is 4.63. The average Bonchev–Trinajstić information content (AvgIpc) is 3.50. The van der Waals surface area contributed by atoms with Crippen molar-refractivity contribution in [1.82, 2.24) is 25.7 Å². The van der Waals surface area contributed by atoms with Crippen molar-refractivity contribution < 1.29 is 24.0 Å². The number of hydrogen-bond acceptors (Lipinski definition) is 6. The van der Waals surface area contributed by atoms with E-state index in [9.17, 15) is 14.4 Å². The summed E-state index contributed by atoms with van der Waals surface area (Å²) in [5.74, 6) is -0.882. The molecular formula is C27H28IN5O5. The molecule has 38 heavy (non-hydrogen) atoms. The molecule has 2 aromatic carbocycles. The molecule has 3 aromatic rings. The molecule has 1 saturated heterocycles. The maximum absolute atomic E-state index is 13.5. The number of amides is 4. The van der Waals surface area contributed by atoms with Crippen LogP contribution < -0.4 is 10.8 Å². The van der Waals surface area contributed by atoms with E-state index in [0.29, 0.717) is 5.82 Å². The largest absolute Gasteiger partial charge is 0.499 e. The number of urea groups is 1. The van der Waals surface area contributed by atoms with E-state index >= 15 is 0 Å². The Morgan fingerprint density at radius 1 is 1.18 bits per heavy atom. The van der Waals surface area contributed by atoms with Gasteiger partial charge in [0.25, 0.3) is 5.91 Å². The lowest BCUT2D eigenvalue weighted by Crippen LogP contribution is -2.39. The Kier molecular flexibility index (Phi) is 9.13. The molecule has 1 aliphatic heterocycles. The number of nitrogens with one attached hydrogen (secondary N) is 3. The summed E-state index contributed by atoms with van der Waals surface area (Å²) in [6, 6.07) is 15.2. The van der Waals surface area contributed by atoms with Crippen molar-refractivity contribution in [2.75, 3.05) is 13.2 Å². The van der Waals surface area contributed by atoms with Gasteiger partial charge < -0.3 is 15.0 Å². The number of imide groups is 1. The molecule has 1 aliphatic rings. The third-order valence-corrected chi connectivity index (χ3v) is 6.88. The van der Waals surface area contributed by atoms with Crippen LogP contribution in [0.4, 0.5) is 4.79 Å². The number of aromatic amines is 1. The maximum atomic E-state index is 13.5. The Hall–Kier alpha value is -3.71. The Morgan fingerprint density at radius 2 is 1.92 bits per heavy atom. The number of benzene rings is 2. The molecule has 4 amide bonds. The summed E-state index contributed by atoms with van der Waals surface area (Å²) in [4.78, 5) is 53.0. The summed E-state index contributed by atoms with van der Waals surface area (Å²) in [6.45, 7) is 5.67. The number of halogens is 1. The van der Waals surface area contributed by atoms with Crippen LogP contribution in [0.5, 0.6) is 0 Å². The van der Waals surface area contributed by atoms with Crippen LogP contribution in [0.1, 0.15) is 36.7 Å². The summed E-state index contributed by atoms with van der Waals surface area (Å²) in [6.07, 6.45) is 2.68. The average molecular weight is 629 g/mol. The first-order valence-corrected chi connectivity index (χ1v) is 13.1. The minimum absolute atomic E-state index is 0.104. The molecule has 1 aromatic heterocycles. The molecule has 3 atom stereocenters. The van der Waals surface area contributed by atoms with Gasteiger partial charge in [0, 0.05) is 9.49 Å². The lowest BCUT2D eigenvalue weighted by molar-refractivity contribution is -0.138. The number of aromatic nitrogens is 2. The van der Waals surface area contributed by atoms with Gasteiger partial charge in [-0.3, -0.25) is 19.3 Å². The predicted octanol–water partition coefficient (Wildman–Crippen LogP) is 4.04. The van der Waals surface area contributed by atoms with Crippen LogP contribution >= 0.6 is 22.6 Å². The second-order valence-corrected chi connectivity index (χ2v) is 9.90. The van der Waals surface area contributed by atoms with Crippen molar-refractivity contribution in [3.63, 3.8) is 0 Å². The summed E-state index contributed by atoms with van der Waals surface area (Å²) in [5, 5.41) is 2.64. The topological polar surface area (TPSA) is 126 Å². The fraction of sp³-hybridized carbons (Fsp3) is 0.259. The zero-order chi connectivity index (χ0) is 27.1. The predicted molar refractivity (Wildman–Crippen MR) is 148 cm³/mol. The van der Waals surface area contributed by atoms with E-state index in [1.165, 1.54) is 6.26 Å². The van der Waals surface area contributed by atoms with E-state index < -0.39 is 29.9 Å². The molecule has 0 radical (unpaired) electrons.